The van der Waals surface area contributed by atoms with E-state index in [4.69, 9.17) is 5.11 Å². The number of carboxylic acid groups (broad SMARTS) is 1. The van der Waals surface area contributed by atoms with Gasteiger partial charge in [0, 0.05) is 6.54 Å². The zero-order valence-corrected chi connectivity index (χ0v) is 10.9. The Bertz CT molecular complexity index is 339. The molecule has 0 radical (unpaired) electrons. The Balaban J connectivity index is 1.70. The number of hydrogen-bond acceptors (Lipinski definition) is 2. The molecule has 3 N–H and O–H groups in total. The predicted octanol–water partition coefficient (Wildman–Crippen LogP) is 1.73. The van der Waals surface area contributed by atoms with E-state index in [-0.39, 0.29) is 6.03 Å². The highest BCUT2D eigenvalue weighted by Gasteiger charge is 2.51. The molecule has 2 rings (SSSR count). The highest BCUT2D eigenvalue weighted by molar-refractivity contribution is 5.88. The number of nitrogens with one attached hydrogen (secondary N) is 2. The molecule has 0 aliphatic heterocycles. The molecule has 2 saturated carbocycles. The maximum Gasteiger partial charge on any atom is 0.329 e. The van der Waals surface area contributed by atoms with Gasteiger partial charge in [-0.3, -0.25) is 0 Å². The summed E-state index contributed by atoms with van der Waals surface area (Å²) >= 11 is 0. The van der Waals surface area contributed by atoms with Crippen molar-refractivity contribution in [3.05, 3.63) is 0 Å². The average molecular weight is 254 g/mol. The third kappa shape index (κ3) is 3.15. The fourth-order valence-electron chi connectivity index (χ4n) is 2.76. The van der Waals surface area contributed by atoms with Crippen LogP contribution in [0.25, 0.3) is 0 Å². The van der Waals surface area contributed by atoms with E-state index in [0.717, 1.165) is 18.8 Å². The van der Waals surface area contributed by atoms with Crippen molar-refractivity contribution >= 4 is 12.0 Å². The first kappa shape index (κ1) is 13.2. The maximum atomic E-state index is 11.6. The van der Waals surface area contributed by atoms with Gasteiger partial charge in [0.25, 0.3) is 0 Å². The fraction of sp³-hybridized carbons (Fsp3) is 0.846. The molecule has 0 bridgehead atoms. The van der Waals surface area contributed by atoms with Crippen molar-refractivity contribution in [3.63, 3.8) is 0 Å². The van der Waals surface area contributed by atoms with Gasteiger partial charge in [0.05, 0.1) is 0 Å². The van der Waals surface area contributed by atoms with Crippen LogP contribution in [0.2, 0.25) is 0 Å². The standard InChI is InChI=1S/C13H22N2O3/c1-9-3-2-4-10(7-9)8-14-12(18)15-13(5-6-13)11(16)17/h9-10H,2-8H2,1H3,(H,16,17)(H2,14,15,18). The molecule has 2 aliphatic carbocycles. The van der Waals surface area contributed by atoms with Crippen molar-refractivity contribution in [2.75, 3.05) is 6.54 Å². The summed E-state index contributed by atoms with van der Waals surface area (Å²) in [6.07, 6.45) is 5.91. The second kappa shape index (κ2) is 5.16. The van der Waals surface area contributed by atoms with Gasteiger partial charge in [0.1, 0.15) is 5.54 Å². The first-order valence-electron chi connectivity index (χ1n) is 6.81. The second-order valence-corrected chi connectivity index (χ2v) is 5.86. The minimum atomic E-state index is -0.982. The molecule has 0 aromatic rings. The Hall–Kier alpha value is -1.26. The Kier molecular flexibility index (Phi) is 3.78. The van der Waals surface area contributed by atoms with E-state index in [9.17, 15) is 9.59 Å². The van der Waals surface area contributed by atoms with Crippen LogP contribution in [0.1, 0.15) is 45.4 Å². The summed E-state index contributed by atoms with van der Waals surface area (Å²) in [5, 5.41) is 14.3. The molecule has 2 amide bonds. The molecular weight excluding hydrogens is 232 g/mol. The highest BCUT2D eigenvalue weighted by atomic mass is 16.4. The van der Waals surface area contributed by atoms with Crippen LogP contribution in [-0.2, 0) is 4.79 Å². The fourth-order valence-corrected chi connectivity index (χ4v) is 2.76. The molecule has 2 fully saturated rings. The SMILES string of the molecule is CC1CCCC(CNC(=O)NC2(C(=O)O)CC2)C1. The smallest absolute Gasteiger partial charge is 0.329 e. The minimum absolute atomic E-state index is 0.340. The van der Waals surface area contributed by atoms with Gasteiger partial charge in [-0.2, -0.15) is 0 Å². The number of urea groups is 1. The lowest BCUT2D eigenvalue weighted by molar-refractivity contribution is -0.140. The monoisotopic (exact) mass is 254 g/mol. The summed E-state index contributed by atoms with van der Waals surface area (Å²) < 4.78 is 0. The molecule has 0 aromatic heterocycles. The zero-order chi connectivity index (χ0) is 13.2. The van der Waals surface area contributed by atoms with Gasteiger partial charge in [-0.25, -0.2) is 9.59 Å². The lowest BCUT2D eigenvalue weighted by Gasteiger charge is -2.27. The molecule has 18 heavy (non-hydrogen) atoms. The van der Waals surface area contributed by atoms with E-state index in [1.165, 1.54) is 12.8 Å². The summed E-state index contributed by atoms with van der Waals surface area (Å²) in [5.74, 6) is 0.353. The normalized spacial score (nSPS) is 29.4. The van der Waals surface area contributed by atoms with Gasteiger partial charge in [0.15, 0.2) is 0 Å². The Morgan fingerprint density at radius 3 is 2.61 bits per heavy atom. The van der Waals surface area contributed by atoms with E-state index in [1.807, 2.05) is 0 Å². The third-order valence-corrected chi connectivity index (χ3v) is 4.11. The van der Waals surface area contributed by atoms with Gasteiger partial charge in [-0.15, -0.1) is 0 Å². The summed E-state index contributed by atoms with van der Waals surface area (Å²) in [6.45, 7) is 2.90. The van der Waals surface area contributed by atoms with Crippen molar-refractivity contribution < 1.29 is 14.7 Å². The number of aliphatic carboxylic acids is 1. The Morgan fingerprint density at radius 2 is 2.06 bits per heavy atom. The van der Waals surface area contributed by atoms with Gasteiger partial charge < -0.3 is 15.7 Å². The molecule has 5 heteroatoms. The quantitative estimate of drug-likeness (QED) is 0.715. The van der Waals surface area contributed by atoms with Crippen molar-refractivity contribution in [1.82, 2.24) is 10.6 Å². The lowest BCUT2D eigenvalue weighted by Crippen LogP contribution is -2.49. The molecule has 5 nitrogen and oxygen atoms in total. The van der Waals surface area contributed by atoms with E-state index in [1.54, 1.807) is 0 Å². The summed E-state index contributed by atoms with van der Waals surface area (Å²) in [5.41, 5.74) is -0.982. The van der Waals surface area contributed by atoms with Crippen LogP contribution in [0, 0.1) is 11.8 Å². The van der Waals surface area contributed by atoms with Gasteiger partial charge in [-0.05, 0) is 37.5 Å². The number of rotatable bonds is 4. The number of carbonyl (C=O) groups is 2. The summed E-state index contributed by atoms with van der Waals surface area (Å²) in [6, 6.07) is -0.340. The molecule has 0 heterocycles. The molecule has 2 aliphatic rings. The molecule has 0 saturated heterocycles. The largest absolute Gasteiger partial charge is 0.480 e. The molecule has 102 valence electrons. The lowest BCUT2D eigenvalue weighted by atomic mass is 9.82. The van der Waals surface area contributed by atoms with E-state index >= 15 is 0 Å². The zero-order valence-electron chi connectivity index (χ0n) is 10.9. The number of carboxylic acids is 1. The van der Waals surface area contributed by atoms with Crippen molar-refractivity contribution in [1.29, 1.82) is 0 Å². The summed E-state index contributed by atoms with van der Waals surface area (Å²) in [4.78, 5) is 22.6. The van der Waals surface area contributed by atoms with E-state index in [2.05, 4.69) is 17.6 Å². The highest BCUT2D eigenvalue weighted by Crippen LogP contribution is 2.35. The molecule has 2 unspecified atom stereocenters. The number of hydrogen-bond donors (Lipinski definition) is 3. The second-order valence-electron chi connectivity index (χ2n) is 5.86. The number of carbonyl (C=O) groups excluding carboxylic acids is 1. The molecule has 0 aromatic carbocycles. The molecule has 2 atom stereocenters. The summed E-state index contributed by atoms with van der Waals surface area (Å²) in [7, 11) is 0. The van der Waals surface area contributed by atoms with Crippen LogP contribution >= 0.6 is 0 Å². The van der Waals surface area contributed by atoms with Gasteiger partial charge in [0.2, 0.25) is 0 Å². The molecule has 0 spiro atoms. The van der Waals surface area contributed by atoms with Gasteiger partial charge in [-0.1, -0.05) is 19.8 Å². The van der Waals surface area contributed by atoms with E-state index < -0.39 is 11.5 Å². The Morgan fingerprint density at radius 1 is 1.33 bits per heavy atom. The van der Waals surface area contributed by atoms with Crippen molar-refractivity contribution in [3.8, 4) is 0 Å². The van der Waals surface area contributed by atoms with E-state index in [0.29, 0.717) is 25.3 Å². The Labute approximate surface area is 107 Å². The van der Waals surface area contributed by atoms with Gasteiger partial charge >= 0.3 is 12.0 Å². The van der Waals surface area contributed by atoms with Crippen molar-refractivity contribution in [2.45, 2.75) is 51.0 Å². The number of amides is 2. The predicted molar refractivity (Wildman–Crippen MR) is 67.3 cm³/mol. The molecular formula is C13H22N2O3. The first-order chi connectivity index (χ1) is 8.52. The first-order valence-corrected chi connectivity index (χ1v) is 6.81. The minimum Gasteiger partial charge on any atom is -0.480 e. The average Bonchev–Trinajstić information content (AvgIpc) is 3.08. The third-order valence-electron chi connectivity index (χ3n) is 4.11. The topological polar surface area (TPSA) is 78.4 Å². The van der Waals surface area contributed by atoms with Crippen LogP contribution in [0.15, 0.2) is 0 Å². The van der Waals surface area contributed by atoms with Crippen molar-refractivity contribution in [2.24, 2.45) is 11.8 Å². The van der Waals surface area contributed by atoms with Crippen LogP contribution in [0.4, 0.5) is 4.79 Å². The van der Waals surface area contributed by atoms with Crippen LogP contribution in [-0.4, -0.2) is 29.2 Å². The van der Waals surface area contributed by atoms with Crippen LogP contribution in [0.5, 0.6) is 0 Å². The van der Waals surface area contributed by atoms with Crippen LogP contribution in [0.3, 0.4) is 0 Å². The van der Waals surface area contributed by atoms with Crippen LogP contribution < -0.4 is 10.6 Å². The maximum absolute atomic E-state index is 11.6.